The Labute approximate surface area is 173 Å². The van der Waals surface area contributed by atoms with E-state index in [0.717, 1.165) is 48.2 Å². The molecular weight excluding hydrogens is 384 g/mol. The summed E-state index contributed by atoms with van der Waals surface area (Å²) < 4.78 is 5.72. The van der Waals surface area contributed by atoms with Gasteiger partial charge in [-0.25, -0.2) is 9.97 Å². The largest absolute Gasteiger partial charge is 0.493 e. The van der Waals surface area contributed by atoms with Crippen LogP contribution in [0.3, 0.4) is 0 Å². The van der Waals surface area contributed by atoms with Crippen molar-refractivity contribution in [1.82, 2.24) is 15.0 Å². The molecule has 2 aromatic heterocycles. The molecule has 0 bridgehead atoms. The Morgan fingerprint density at radius 2 is 1.97 bits per heavy atom. The van der Waals surface area contributed by atoms with E-state index in [1.54, 1.807) is 12.4 Å². The highest BCUT2D eigenvalue weighted by molar-refractivity contribution is 6.31. The van der Waals surface area contributed by atoms with Gasteiger partial charge in [0.15, 0.2) is 0 Å². The fourth-order valence-electron chi connectivity index (χ4n) is 4.64. The molecule has 6 heteroatoms. The number of aromatic nitrogens is 3. The molecule has 6 rings (SSSR count). The van der Waals surface area contributed by atoms with E-state index >= 15 is 0 Å². The van der Waals surface area contributed by atoms with E-state index in [4.69, 9.17) is 16.3 Å². The SMILES string of the molecule is Clc1ccc2[nH]c3c(c2c1)CCN(c1ncccn1)C3c1ccc2c(c1)CCO2. The maximum absolute atomic E-state index is 6.30. The van der Waals surface area contributed by atoms with Gasteiger partial charge in [-0.1, -0.05) is 17.7 Å². The Hall–Kier alpha value is -3.05. The number of rotatable bonds is 2. The van der Waals surface area contributed by atoms with Gasteiger partial charge >= 0.3 is 0 Å². The van der Waals surface area contributed by atoms with Crippen LogP contribution in [0.1, 0.15) is 28.4 Å². The molecule has 2 aromatic carbocycles. The smallest absolute Gasteiger partial charge is 0.226 e. The molecule has 0 saturated carbocycles. The summed E-state index contributed by atoms with van der Waals surface area (Å²) in [5.74, 6) is 1.74. The van der Waals surface area contributed by atoms with Crippen LogP contribution in [0.4, 0.5) is 5.95 Å². The molecule has 29 heavy (non-hydrogen) atoms. The van der Waals surface area contributed by atoms with E-state index in [-0.39, 0.29) is 6.04 Å². The molecular formula is C23H19ClN4O. The third-order valence-corrected chi connectivity index (χ3v) is 6.16. The summed E-state index contributed by atoms with van der Waals surface area (Å²) >= 11 is 6.30. The summed E-state index contributed by atoms with van der Waals surface area (Å²) in [6.45, 7) is 1.60. The van der Waals surface area contributed by atoms with Crippen LogP contribution in [0.15, 0.2) is 54.9 Å². The van der Waals surface area contributed by atoms with Crippen LogP contribution in [0, 0.1) is 0 Å². The minimum atomic E-state index is 0.0122. The fraction of sp³-hybridized carbons (Fsp3) is 0.217. The third-order valence-electron chi connectivity index (χ3n) is 5.93. The maximum Gasteiger partial charge on any atom is 0.226 e. The Balaban J connectivity index is 1.56. The minimum Gasteiger partial charge on any atom is -0.493 e. The van der Waals surface area contributed by atoms with Gasteiger partial charge in [-0.05, 0) is 59.5 Å². The van der Waals surface area contributed by atoms with E-state index in [9.17, 15) is 0 Å². The number of benzene rings is 2. The molecule has 0 amide bonds. The molecule has 0 spiro atoms. The highest BCUT2D eigenvalue weighted by Gasteiger charge is 2.33. The van der Waals surface area contributed by atoms with Gasteiger partial charge in [-0.15, -0.1) is 0 Å². The molecule has 4 aromatic rings. The van der Waals surface area contributed by atoms with Crippen molar-refractivity contribution >= 4 is 28.5 Å². The standard InChI is InChI=1S/C23H19ClN4O/c24-16-3-4-19-18(13-16)17-6-10-28(23-25-8-1-9-26-23)22(21(17)27-19)15-2-5-20-14(12-15)7-11-29-20/h1-5,8-9,12-13,22,27H,6-7,10-11H2. The van der Waals surface area contributed by atoms with E-state index in [1.807, 2.05) is 12.1 Å². The van der Waals surface area contributed by atoms with E-state index in [0.29, 0.717) is 0 Å². The predicted molar refractivity (Wildman–Crippen MR) is 114 cm³/mol. The lowest BCUT2D eigenvalue weighted by molar-refractivity contribution is 0.357. The van der Waals surface area contributed by atoms with E-state index in [1.165, 1.54) is 27.8 Å². The molecule has 1 atom stereocenters. The maximum atomic E-state index is 6.30. The zero-order chi connectivity index (χ0) is 19.4. The topological polar surface area (TPSA) is 54.0 Å². The number of fused-ring (bicyclic) bond motifs is 4. The monoisotopic (exact) mass is 402 g/mol. The first-order valence-electron chi connectivity index (χ1n) is 9.87. The number of nitrogens with zero attached hydrogens (tertiary/aromatic N) is 3. The summed E-state index contributed by atoms with van der Waals surface area (Å²) in [4.78, 5) is 15.1. The number of halogens is 1. The second-order valence-electron chi connectivity index (χ2n) is 7.57. The second kappa shape index (κ2) is 6.49. The Morgan fingerprint density at radius 3 is 2.86 bits per heavy atom. The van der Waals surface area contributed by atoms with Crippen LogP contribution in [-0.4, -0.2) is 28.1 Å². The third kappa shape index (κ3) is 2.69. The number of ether oxygens (including phenoxy) is 1. The number of aromatic amines is 1. The van der Waals surface area contributed by atoms with Crippen molar-refractivity contribution in [3.8, 4) is 5.75 Å². The van der Waals surface area contributed by atoms with Crippen LogP contribution < -0.4 is 9.64 Å². The molecule has 0 saturated heterocycles. The number of H-pyrrole nitrogens is 1. The molecule has 144 valence electrons. The predicted octanol–water partition coefficient (Wildman–Crippen LogP) is 4.70. The number of hydrogen-bond donors (Lipinski definition) is 1. The summed E-state index contributed by atoms with van der Waals surface area (Å²) in [5.41, 5.74) is 6.13. The molecule has 5 nitrogen and oxygen atoms in total. The van der Waals surface area contributed by atoms with Gasteiger partial charge in [0.1, 0.15) is 5.75 Å². The van der Waals surface area contributed by atoms with Gasteiger partial charge in [0, 0.05) is 47.0 Å². The van der Waals surface area contributed by atoms with Crippen molar-refractivity contribution in [1.29, 1.82) is 0 Å². The highest BCUT2D eigenvalue weighted by Crippen LogP contribution is 2.41. The van der Waals surface area contributed by atoms with Gasteiger partial charge < -0.3 is 14.6 Å². The fourth-order valence-corrected chi connectivity index (χ4v) is 4.81. The van der Waals surface area contributed by atoms with Crippen LogP contribution in [-0.2, 0) is 12.8 Å². The Kier molecular flexibility index (Phi) is 3.78. The first kappa shape index (κ1) is 16.9. The first-order chi connectivity index (χ1) is 14.3. The number of hydrogen-bond acceptors (Lipinski definition) is 4. The Morgan fingerprint density at radius 1 is 1.07 bits per heavy atom. The summed E-state index contributed by atoms with van der Waals surface area (Å²) in [6.07, 6.45) is 5.47. The zero-order valence-corrected chi connectivity index (χ0v) is 16.5. The van der Waals surface area contributed by atoms with Crippen LogP contribution in [0.2, 0.25) is 5.02 Å². The van der Waals surface area contributed by atoms with Crippen LogP contribution in [0.25, 0.3) is 10.9 Å². The first-order valence-corrected chi connectivity index (χ1v) is 10.2. The van der Waals surface area contributed by atoms with Crippen molar-refractivity contribution in [2.75, 3.05) is 18.1 Å². The lowest BCUT2D eigenvalue weighted by Gasteiger charge is -2.36. The normalized spacial score (nSPS) is 17.8. The van der Waals surface area contributed by atoms with Gasteiger partial charge in [0.25, 0.3) is 0 Å². The molecule has 2 aliphatic heterocycles. The van der Waals surface area contributed by atoms with Gasteiger partial charge in [0.2, 0.25) is 5.95 Å². The lowest BCUT2D eigenvalue weighted by atomic mass is 9.91. The molecule has 4 heterocycles. The summed E-state index contributed by atoms with van der Waals surface area (Å²) in [7, 11) is 0. The quantitative estimate of drug-likeness (QED) is 0.528. The molecule has 0 fully saturated rings. The van der Waals surface area contributed by atoms with Crippen molar-refractivity contribution in [2.24, 2.45) is 0 Å². The number of nitrogens with one attached hydrogen (secondary N) is 1. The Bertz CT molecular complexity index is 1220. The van der Waals surface area contributed by atoms with Crippen molar-refractivity contribution in [3.05, 3.63) is 82.3 Å². The van der Waals surface area contributed by atoms with Crippen molar-refractivity contribution in [2.45, 2.75) is 18.9 Å². The van der Waals surface area contributed by atoms with Crippen molar-refractivity contribution in [3.63, 3.8) is 0 Å². The zero-order valence-electron chi connectivity index (χ0n) is 15.7. The average Bonchev–Trinajstić information content (AvgIpc) is 3.37. The lowest BCUT2D eigenvalue weighted by Crippen LogP contribution is -2.37. The molecule has 0 radical (unpaired) electrons. The number of anilines is 1. The van der Waals surface area contributed by atoms with E-state index < -0.39 is 0 Å². The van der Waals surface area contributed by atoms with Crippen LogP contribution in [0.5, 0.6) is 5.75 Å². The highest BCUT2D eigenvalue weighted by atomic mass is 35.5. The molecule has 1 unspecified atom stereocenters. The van der Waals surface area contributed by atoms with Gasteiger partial charge in [0.05, 0.1) is 12.6 Å². The molecule has 0 aliphatic carbocycles. The summed E-state index contributed by atoms with van der Waals surface area (Å²) in [6, 6.07) is 14.5. The molecule has 2 aliphatic rings. The minimum absolute atomic E-state index is 0.0122. The summed E-state index contributed by atoms with van der Waals surface area (Å²) in [5, 5.41) is 1.97. The van der Waals surface area contributed by atoms with E-state index in [2.05, 4.69) is 50.2 Å². The molecule has 1 N–H and O–H groups in total. The average molecular weight is 403 g/mol. The second-order valence-corrected chi connectivity index (χ2v) is 8.00. The van der Waals surface area contributed by atoms with Gasteiger partial charge in [-0.3, -0.25) is 0 Å². The van der Waals surface area contributed by atoms with Gasteiger partial charge in [-0.2, -0.15) is 0 Å². The van der Waals surface area contributed by atoms with Crippen molar-refractivity contribution < 1.29 is 4.74 Å². The van der Waals surface area contributed by atoms with Crippen LogP contribution >= 0.6 is 11.6 Å².